The lowest BCUT2D eigenvalue weighted by Crippen LogP contribution is -2.39. The zero-order chi connectivity index (χ0) is 15.9. The molecule has 120 valence electrons. The van der Waals surface area contributed by atoms with Crippen LogP contribution in [0.4, 0.5) is 0 Å². The molecule has 4 heteroatoms. The highest BCUT2D eigenvalue weighted by molar-refractivity contribution is 5.84. The predicted octanol–water partition coefficient (Wildman–Crippen LogP) is 2.65. The van der Waals surface area contributed by atoms with Crippen molar-refractivity contribution < 1.29 is 9.59 Å². The summed E-state index contributed by atoms with van der Waals surface area (Å²) in [7, 11) is 0. The van der Waals surface area contributed by atoms with Crippen molar-refractivity contribution in [3.05, 3.63) is 35.9 Å². The van der Waals surface area contributed by atoms with E-state index in [0.717, 1.165) is 37.9 Å². The molecule has 22 heavy (non-hydrogen) atoms. The van der Waals surface area contributed by atoms with Gasteiger partial charge in [-0.3, -0.25) is 9.59 Å². The van der Waals surface area contributed by atoms with E-state index in [0.29, 0.717) is 13.1 Å². The number of rotatable bonds is 4. The first-order valence-corrected chi connectivity index (χ1v) is 8.22. The molecular formula is C18H26N2O2. The Labute approximate surface area is 133 Å². The third kappa shape index (κ3) is 4.09. The first kappa shape index (κ1) is 16.5. The first-order valence-electron chi connectivity index (χ1n) is 8.22. The molecule has 0 radical (unpaired) electrons. The van der Waals surface area contributed by atoms with Gasteiger partial charge in [0.1, 0.15) is 0 Å². The second-order valence-corrected chi connectivity index (χ2v) is 5.94. The number of carbonyl (C=O) groups excluding carboxylic acids is 2. The van der Waals surface area contributed by atoms with E-state index in [-0.39, 0.29) is 17.7 Å². The average Bonchev–Trinajstić information content (AvgIpc) is 2.79. The zero-order valence-electron chi connectivity index (χ0n) is 13.6. The van der Waals surface area contributed by atoms with Crippen LogP contribution in [0.1, 0.15) is 44.6 Å². The minimum Gasteiger partial charge on any atom is -0.341 e. The Kier molecular flexibility index (Phi) is 5.99. The van der Waals surface area contributed by atoms with Crippen LogP contribution in [0, 0.1) is 0 Å². The molecule has 0 saturated carbocycles. The van der Waals surface area contributed by atoms with E-state index in [2.05, 4.69) is 6.92 Å². The minimum atomic E-state index is -0.0601. The van der Waals surface area contributed by atoms with Crippen LogP contribution >= 0.6 is 0 Å². The lowest BCUT2D eigenvalue weighted by atomic mass is 9.93. The number of hydrogen-bond acceptors (Lipinski definition) is 2. The van der Waals surface area contributed by atoms with Gasteiger partial charge >= 0.3 is 0 Å². The zero-order valence-corrected chi connectivity index (χ0v) is 13.6. The van der Waals surface area contributed by atoms with Crippen molar-refractivity contribution in [2.45, 2.75) is 39.0 Å². The largest absolute Gasteiger partial charge is 0.341 e. The Morgan fingerprint density at radius 2 is 1.68 bits per heavy atom. The molecule has 0 aliphatic carbocycles. The third-order valence-corrected chi connectivity index (χ3v) is 4.33. The molecule has 0 bridgehead atoms. The van der Waals surface area contributed by atoms with Gasteiger partial charge in [-0.2, -0.15) is 0 Å². The summed E-state index contributed by atoms with van der Waals surface area (Å²) < 4.78 is 0. The average molecular weight is 302 g/mol. The fourth-order valence-corrected chi connectivity index (χ4v) is 3.08. The number of hydrogen-bond donors (Lipinski definition) is 0. The van der Waals surface area contributed by atoms with Gasteiger partial charge in [0.15, 0.2) is 0 Å². The van der Waals surface area contributed by atoms with Crippen molar-refractivity contribution in [1.82, 2.24) is 9.80 Å². The van der Waals surface area contributed by atoms with Crippen LogP contribution in [-0.4, -0.2) is 47.8 Å². The highest BCUT2D eigenvalue weighted by Gasteiger charge is 2.27. The molecule has 1 saturated heterocycles. The molecule has 1 fully saturated rings. The topological polar surface area (TPSA) is 40.6 Å². The van der Waals surface area contributed by atoms with E-state index >= 15 is 0 Å². The van der Waals surface area contributed by atoms with E-state index in [4.69, 9.17) is 0 Å². The standard InChI is InChI=1S/C18H26N2O2/c1-3-8-17(16-9-5-4-6-10-16)18(22)20-12-7-11-19(13-14-20)15(2)21/h4-6,9-10,17H,3,7-8,11-14H2,1-2H3. The van der Waals surface area contributed by atoms with Crippen LogP contribution in [0.2, 0.25) is 0 Å². The van der Waals surface area contributed by atoms with Crippen LogP contribution in [0.15, 0.2) is 30.3 Å². The third-order valence-electron chi connectivity index (χ3n) is 4.33. The van der Waals surface area contributed by atoms with Gasteiger partial charge in [-0.25, -0.2) is 0 Å². The lowest BCUT2D eigenvalue weighted by molar-refractivity contribution is -0.134. The van der Waals surface area contributed by atoms with Crippen molar-refractivity contribution in [3.63, 3.8) is 0 Å². The maximum absolute atomic E-state index is 12.9. The van der Waals surface area contributed by atoms with Crippen molar-refractivity contribution >= 4 is 11.8 Å². The molecule has 1 heterocycles. The van der Waals surface area contributed by atoms with Gasteiger partial charge in [-0.15, -0.1) is 0 Å². The lowest BCUT2D eigenvalue weighted by Gasteiger charge is -2.26. The number of amides is 2. The summed E-state index contributed by atoms with van der Waals surface area (Å²) in [5.74, 6) is 0.246. The molecule has 4 nitrogen and oxygen atoms in total. The summed E-state index contributed by atoms with van der Waals surface area (Å²) >= 11 is 0. The van der Waals surface area contributed by atoms with E-state index < -0.39 is 0 Å². The van der Waals surface area contributed by atoms with Gasteiger partial charge in [-0.1, -0.05) is 43.7 Å². The van der Waals surface area contributed by atoms with Gasteiger partial charge in [0.25, 0.3) is 0 Å². The van der Waals surface area contributed by atoms with E-state index in [1.807, 2.05) is 40.1 Å². The van der Waals surface area contributed by atoms with E-state index in [1.165, 1.54) is 0 Å². The van der Waals surface area contributed by atoms with Gasteiger partial charge in [-0.05, 0) is 18.4 Å². The summed E-state index contributed by atoms with van der Waals surface area (Å²) in [5, 5.41) is 0. The summed E-state index contributed by atoms with van der Waals surface area (Å²) in [6.07, 6.45) is 2.72. The number of benzene rings is 1. The molecule has 2 amide bonds. The van der Waals surface area contributed by atoms with Crippen LogP contribution in [0.5, 0.6) is 0 Å². The second kappa shape index (κ2) is 7.97. The van der Waals surface area contributed by atoms with Gasteiger partial charge in [0.2, 0.25) is 11.8 Å². The van der Waals surface area contributed by atoms with Crippen LogP contribution in [0.3, 0.4) is 0 Å². The molecule has 2 rings (SSSR count). The Bertz CT molecular complexity index is 501. The molecule has 1 aliphatic rings. The molecule has 0 spiro atoms. The Balaban J connectivity index is 2.09. The smallest absolute Gasteiger partial charge is 0.230 e. The molecule has 0 aromatic heterocycles. The van der Waals surface area contributed by atoms with Gasteiger partial charge < -0.3 is 9.80 Å². The predicted molar refractivity (Wildman–Crippen MR) is 87.5 cm³/mol. The van der Waals surface area contributed by atoms with Gasteiger partial charge in [0, 0.05) is 33.1 Å². The molecule has 1 aliphatic heterocycles. The minimum absolute atomic E-state index is 0.0601. The van der Waals surface area contributed by atoms with Crippen molar-refractivity contribution in [1.29, 1.82) is 0 Å². The highest BCUT2D eigenvalue weighted by Crippen LogP contribution is 2.24. The first-order chi connectivity index (χ1) is 10.6. The van der Waals surface area contributed by atoms with Crippen molar-refractivity contribution in [2.24, 2.45) is 0 Å². The molecule has 1 aromatic carbocycles. The van der Waals surface area contributed by atoms with E-state index in [1.54, 1.807) is 6.92 Å². The fraction of sp³-hybridized carbons (Fsp3) is 0.556. The molecule has 1 aromatic rings. The normalized spacial score (nSPS) is 17.0. The molecule has 1 atom stereocenters. The summed E-state index contributed by atoms with van der Waals surface area (Å²) in [6.45, 7) is 6.50. The van der Waals surface area contributed by atoms with E-state index in [9.17, 15) is 9.59 Å². The Hall–Kier alpha value is -1.84. The van der Waals surface area contributed by atoms with Gasteiger partial charge in [0.05, 0.1) is 5.92 Å². The SMILES string of the molecule is CCCC(C(=O)N1CCCN(C(C)=O)CC1)c1ccccc1. The van der Waals surface area contributed by atoms with Crippen LogP contribution < -0.4 is 0 Å². The summed E-state index contributed by atoms with van der Waals surface area (Å²) in [4.78, 5) is 28.2. The quantitative estimate of drug-likeness (QED) is 0.858. The van der Waals surface area contributed by atoms with Crippen molar-refractivity contribution in [2.75, 3.05) is 26.2 Å². The second-order valence-electron chi connectivity index (χ2n) is 5.94. The molecule has 1 unspecified atom stereocenters. The highest BCUT2D eigenvalue weighted by atomic mass is 16.2. The van der Waals surface area contributed by atoms with Crippen LogP contribution in [0.25, 0.3) is 0 Å². The molecule has 0 N–H and O–H groups in total. The molecular weight excluding hydrogens is 276 g/mol. The Morgan fingerprint density at radius 1 is 1.05 bits per heavy atom. The van der Waals surface area contributed by atoms with Crippen molar-refractivity contribution in [3.8, 4) is 0 Å². The number of nitrogens with zero attached hydrogens (tertiary/aromatic N) is 2. The Morgan fingerprint density at radius 3 is 2.32 bits per heavy atom. The van der Waals surface area contributed by atoms with Crippen LogP contribution in [-0.2, 0) is 9.59 Å². The summed E-state index contributed by atoms with van der Waals surface area (Å²) in [5.41, 5.74) is 1.10. The monoisotopic (exact) mass is 302 g/mol. The summed E-state index contributed by atoms with van der Waals surface area (Å²) in [6, 6.07) is 10.0. The maximum Gasteiger partial charge on any atom is 0.230 e. The fourth-order valence-electron chi connectivity index (χ4n) is 3.08. The number of carbonyl (C=O) groups is 2. The maximum atomic E-state index is 12.9.